The Morgan fingerprint density at radius 3 is 2.50 bits per heavy atom. The number of aryl methyl sites for hydroxylation is 1. The Bertz CT molecular complexity index is 727. The zero-order valence-electron chi connectivity index (χ0n) is 16.7. The van der Waals surface area contributed by atoms with Crippen LogP contribution in [0.1, 0.15) is 44.1 Å². The van der Waals surface area contributed by atoms with Gasteiger partial charge in [-0.1, -0.05) is 18.9 Å². The maximum atomic E-state index is 12.7. The molecule has 7 heteroatoms. The smallest absolute Gasteiger partial charge is 0.289 e. The SMILES string of the molecule is Cc1cccnc1N1CCN(CCCCN2C(=O)SC3(CCCC3)C2=O)CC1. The van der Waals surface area contributed by atoms with Crippen molar-refractivity contribution >= 4 is 28.7 Å². The fourth-order valence-corrected chi connectivity index (χ4v) is 5.96. The van der Waals surface area contributed by atoms with E-state index in [1.165, 1.54) is 22.2 Å². The van der Waals surface area contributed by atoms with E-state index in [0.29, 0.717) is 6.54 Å². The van der Waals surface area contributed by atoms with E-state index in [4.69, 9.17) is 0 Å². The molecule has 0 aromatic carbocycles. The molecule has 2 saturated heterocycles. The second-order valence-electron chi connectivity index (χ2n) is 8.21. The molecule has 1 aromatic rings. The van der Waals surface area contributed by atoms with E-state index in [-0.39, 0.29) is 11.1 Å². The summed E-state index contributed by atoms with van der Waals surface area (Å²) < 4.78 is -0.406. The van der Waals surface area contributed by atoms with Crippen LogP contribution in [0.25, 0.3) is 0 Å². The van der Waals surface area contributed by atoms with E-state index in [0.717, 1.165) is 77.1 Å². The lowest BCUT2D eigenvalue weighted by molar-refractivity contribution is -0.129. The van der Waals surface area contributed by atoms with Crippen molar-refractivity contribution in [2.45, 2.75) is 50.2 Å². The molecule has 4 rings (SSSR count). The van der Waals surface area contributed by atoms with Gasteiger partial charge < -0.3 is 4.90 Å². The first-order chi connectivity index (χ1) is 13.6. The number of aromatic nitrogens is 1. The van der Waals surface area contributed by atoms with Crippen LogP contribution in [0, 0.1) is 6.92 Å². The van der Waals surface area contributed by atoms with Crippen molar-refractivity contribution in [2.75, 3.05) is 44.2 Å². The number of amides is 2. The van der Waals surface area contributed by atoms with Gasteiger partial charge in [-0.15, -0.1) is 0 Å². The number of pyridine rings is 1. The molecule has 3 aliphatic rings. The topological polar surface area (TPSA) is 56.8 Å². The molecule has 152 valence electrons. The molecule has 6 nitrogen and oxygen atoms in total. The molecular formula is C21H30N4O2S. The molecular weight excluding hydrogens is 372 g/mol. The van der Waals surface area contributed by atoms with Gasteiger partial charge in [-0.25, -0.2) is 4.98 Å². The predicted octanol–water partition coefficient (Wildman–Crippen LogP) is 3.30. The lowest BCUT2D eigenvalue weighted by atomic mass is 10.1. The second-order valence-corrected chi connectivity index (χ2v) is 9.54. The molecule has 2 aliphatic heterocycles. The normalized spacial score (nSPS) is 22.6. The minimum Gasteiger partial charge on any atom is -0.354 e. The van der Waals surface area contributed by atoms with E-state index < -0.39 is 4.75 Å². The summed E-state index contributed by atoms with van der Waals surface area (Å²) in [5.74, 6) is 1.19. The van der Waals surface area contributed by atoms with Gasteiger partial charge in [0.15, 0.2) is 0 Å². The van der Waals surface area contributed by atoms with Gasteiger partial charge in [0.25, 0.3) is 5.24 Å². The van der Waals surface area contributed by atoms with Crippen molar-refractivity contribution in [3.8, 4) is 0 Å². The summed E-state index contributed by atoms with van der Waals surface area (Å²) >= 11 is 1.29. The largest absolute Gasteiger partial charge is 0.354 e. The first kappa shape index (κ1) is 19.7. The van der Waals surface area contributed by atoms with E-state index in [1.807, 2.05) is 12.3 Å². The number of carbonyl (C=O) groups is 2. The van der Waals surface area contributed by atoms with Crippen LogP contribution in [0.15, 0.2) is 18.3 Å². The fraction of sp³-hybridized carbons (Fsp3) is 0.667. The average Bonchev–Trinajstić information content (AvgIpc) is 3.26. The summed E-state index contributed by atoms with van der Waals surface area (Å²) in [7, 11) is 0. The lowest BCUT2D eigenvalue weighted by Crippen LogP contribution is -2.47. The second kappa shape index (κ2) is 8.41. The Labute approximate surface area is 171 Å². The van der Waals surface area contributed by atoms with Gasteiger partial charge in [0.05, 0.1) is 0 Å². The van der Waals surface area contributed by atoms with Crippen LogP contribution in [-0.2, 0) is 4.79 Å². The fourth-order valence-electron chi connectivity index (χ4n) is 4.65. The average molecular weight is 403 g/mol. The molecule has 0 unspecified atom stereocenters. The van der Waals surface area contributed by atoms with Gasteiger partial charge in [0, 0.05) is 38.9 Å². The van der Waals surface area contributed by atoms with Crippen molar-refractivity contribution in [1.29, 1.82) is 0 Å². The molecule has 2 amide bonds. The third-order valence-corrected chi connectivity index (χ3v) is 7.68. The van der Waals surface area contributed by atoms with Crippen molar-refractivity contribution in [2.24, 2.45) is 0 Å². The van der Waals surface area contributed by atoms with E-state index in [1.54, 1.807) is 0 Å². The van der Waals surface area contributed by atoms with E-state index in [9.17, 15) is 9.59 Å². The Hall–Kier alpha value is -1.60. The molecule has 0 radical (unpaired) electrons. The molecule has 1 aromatic heterocycles. The van der Waals surface area contributed by atoms with Crippen LogP contribution < -0.4 is 4.90 Å². The number of nitrogens with zero attached hydrogens (tertiary/aromatic N) is 4. The van der Waals surface area contributed by atoms with E-state index in [2.05, 4.69) is 27.8 Å². The van der Waals surface area contributed by atoms with Crippen LogP contribution >= 0.6 is 11.8 Å². The number of thioether (sulfide) groups is 1. The Kier molecular flexibility index (Phi) is 5.92. The maximum Gasteiger partial charge on any atom is 0.289 e. The van der Waals surface area contributed by atoms with Gasteiger partial charge in [-0.2, -0.15) is 0 Å². The highest BCUT2D eigenvalue weighted by atomic mass is 32.2. The zero-order valence-corrected chi connectivity index (χ0v) is 17.5. The van der Waals surface area contributed by atoms with Crippen molar-refractivity contribution in [3.05, 3.63) is 23.9 Å². The quantitative estimate of drug-likeness (QED) is 0.681. The van der Waals surface area contributed by atoms with Gasteiger partial charge in [0.1, 0.15) is 10.6 Å². The van der Waals surface area contributed by atoms with Crippen LogP contribution in [-0.4, -0.2) is 69.9 Å². The summed E-state index contributed by atoms with van der Waals surface area (Å²) in [5.41, 5.74) is 1.23. The van der Waals surface area contributed by atoms with Gasteiger partial charge >= 0.3 is 0 Å². The summed E-state index contributed by atoms with van der Waals surface area (Å²) in [6, 6.07) is 4.10. The molecule has 0 N–H and O–H groups in total. The predicted molar refractivity (Wildman–Crippen MR) is 113 cm³/mol. The number of unbranched alkanes of at least 4 members (excludes halogenated alkanes) is 1. The monoisotopic (exact) mass is 402 g/mol. The molecule has 3 heterocycles. The number of carbonyl (C=O) groups excluding carboxylic acids is 2. The Morgan fingerprint density at radius 1 is 1.07 bits per heavy atom. The third kappa shape index (κ3) is 3.92. The van der Waals surface area contributed by atoms with Crippen LogP contribution in [0.5, 0.6) is 0 Å². The van der Waals surface area contributed by atoms with Crippen molar-refractivity contribution in [1.82, 2.24) is 14.8 Å². The Morgan fingerprint density at radius 2 is 1.79 bits per heavy atom. The molecule has 0 bridgehead atoms. The molecule has 1 aliphatic carbocycles. The summed E-state index contributed by atoms with van der Waals surface area (Å²) in [4.78, 5) is 35.9. The summed E-state index contributed by atoms with van der Waals surface area (Å²) in [6.45, 7) is 7.81. The highest BCUT2D eigenvalue weighted by Crippen LogP contribution is 2.48. The standard InChI is InChI=1S/C21H30N4O2S/c1-17-7-6-10-22-18(17)24-15-13-23(14-16-24)11-4-5-12-25-19(26)21(28-20(25)27)8-2-3-9-21/h6-7,10H,2-5,8-9,11-16H2,1H3. The summed E-state index contributed by atoms with van der Waals surface area (Å²) in [5, 5.41) is -0.0220. The zero-order chi connectivity index (χ0) is 19.6. The number of piperazine rings is 1. The number of anilines is 1. The number of hydrogen-bond donors (Lipinski definition) is 0. The van der Waals surface area contributed by atoms with Crippen LogP contribution in [0.4, 0.5) is 10.6 Å². The van der Waals surface area contributed by atoms with Crippen LogP contribution in [0.3, 0.4) is 0 Å². The molecule has 1 spiro atoms. The third-order valence-electron chi connectivity index (χ3n) is 6.31. The molecule has 0 atom stereocenters. The molecule has 28 heavy (non-hydrogen) atoms. The number of rotatable bonds is 6. The van der Waals surface area contributed by atoms with Gasteiger partial charge in [0.2, 0.25) is 5.91 Å². The number of imide groups is 1. The van der Waals surface area contributed by atoms with Crippen molar-refractivity contribution in [3.63, 3.8) is 0 Å². The van der Waals surface area contributed by atoms with E-state index >= 15 is 0 Å². The lowest BCUT2D eigenvalue weighted by Gasteiger charge is -2.36. The first-order valence-corrected chi connectivity index (χ1v) is 11.3. The molecule has 1 saturated carbocycles. The van der Waals surface area contributed by atoms with Crippen LogP contribution in [0.2, 0.25) is 0 Å². The first-order valence-electron chi connectivity index (χ1n) is 10.5. The maximum absolute atomic E-state index is 12.7. The van der Waals surface area contributed by atoms with Crippen molar-refractivity contribution < 1.29 is 9.59 Å². The molecule has 3 fully saturated rings. The minimum absolute atomic E-state index is 0.0220. The number of hydrogen-bond acceptors (Lipinski definition) is 6. The van der Waals surface area contributed by atoms with Gasteiger partial charge in [-0.05, 0) is 62.5 Å². The highest BCUT2D eigenvalue weighted by Gasteiger charge is 2.53. The summed E-state index contributed by atoms with van der Waals surface area (Å²) in [6.07, 6.45) is 7.68. The Balaban J connectivity index is 1.18. The van der Waals surface area contributed by atoms with Gasteiger partial charge in [-0.3, -0.25) is 19.4 Å². The highest BCUT2D eigenvalue weighted by molar-refractivity contribution is 8.16. The minimum atomic E-state index is -0.406.